The number of hydrogen-bond donors (Lipinski definition) is 2. The minimum Gasteiger partial charge on any atom is -0.505 e. The van der Waals surface area contributed by atoms with Crippen LogP contribution >= 0.6 is 0 Å². The molecule has 0 aliphatic heterocycles. The van der Waals surface area contributed by atoms with Crippen LogP contribution in [0.4, 0.5) is 20.2 Å². The van der Waals surface area contributed by atoms with Gasteiger partial charge in [-0.2, -0.15) is 0 Å². The van der Waals surface area contributed by atoms with E-state index in [1.165, 1.54) is 35.4 Å². The number of hydrogen-bond acceptors (Lipinski definition) is 10. The molecule has 0 saturated heterocycles. The number of aryl methyl sites for hydroxylation is 2. The third kappa shape index (κ3) is 12.8. The number of phenols is 2. The molecule has 2 aliphatic carbocycles. The second-order valence-electron chi connectivity index (χ2n) is 21.3. The van der Waals surface area contributed by atoms with Gasteiger partial charge in [0.25, 0.3) is 11.8 Å². The maximum absolute atomic E-state index is 14.0. The summed E-state index contributed by atoms with van der Waals surface area (Å²) in [5, 5.41) is 19.1. The van der Waals surface area contributed by atoms with Crippen molar-refractivity contribution in [2.45, 2.75) is 106 Å². The fraction of sp³-hybridized carbons (Fsp3) is 0.355. The number of carbonyl (C=O) groups is 4. The molecule has 0 radical (unpaired) electrons. The number of amides is 2. The minimum atomic E-state index is -0.839. The molecule has 0 fully saturated rings. The van der Waals surface area contributed by atoms with Crippen LogP contribution in [0.2, 0.25) is 0 Å². The van der Waals surface area contributed by atoms with Gasteiger partial charge in [0.2, 0.25) is 0 Å². The van der Waals surface area contributed by atoms with Crippen LogP contribution in [-0.4, -0.2) is 61.3 Å². The van der Waals surface area contributed by atoms with E-state index in [0.717, 1.165) is 84.3 Å². The summed E-state index contributed by atoms with van der Waals surface area (Å²) in [6.07, 6.45) is 4.83. The molecular weight excluding hydrogens is 971 g/mol. The number of esters is 2. The van der Waals surface area contributed by atoms with Crippen molar-refractivity contribution in [3.63, 3.8) is 0 Å². The van der Waals surface area contributed by atoms with Gasteiger partial charge in [0, 0.05) is 36.3 Å². The number of anilines is 2. The number of phenolic OH excluding ortho intramolecular Hbond substituents is 2. The van der Waals surface area contributed by atoms with Gasteiger partial charge in [0.1, 0.15) is 23.0 Å². The van der Waals surface area contributed by atoms with E-state index in [-0.39, 0.29) is 46.7 Å². The molecule has 2 N–H and O–H groups in total. The number of nitrogens with zero attached hydrogens (tertiary/aromatic N) is 2. The molecule has 2 atom stereocenters. The minimum absolute atomic E-state index is 0.143. The first kappa shape index (κ1) is 56.0. The summed E-state index contributed by atoms with van der Waals surface area (Å²) in [6.45, 7) is 15.4. The fourth-order valence-corrected chi connectivity index (χ4v) is 9.54. The SMILES string of the molecule is CCN(C(=O)c1ccc(O)c(F)c1)c1cc(OC)ccc1[C@@H]1CCc2cc(OC(=O)C(C)(C)C)ccc2C1.CCN(C(=O)c1ccc(O)c(F)c1)c1cc(OC)ccc1[C@H]1CCc2cc(OC(=O)C(C)(C)C)ccc2C1. The Labute approximate surface area is 444 Å². The molecule has 0 spiro atoms. The Hall–Kier alpha value is -7.74. The summed E-state index contributed by atoms with van der Waals surface area (Å²) in [6, 6.07) is 30.4. The number of carbonyl (C=O) groups excluding carboxylic acids is 4. The topological polar surface area (TPSA) is 152 Å². The fourth-order valence-electron chi connectivity index (χ4n) is 9.54. The van der Waals surface area contributed by atoms with Crippen molar-refractivity contribution in [3.05, 3.63) is 165 Å². The van der Waals surface area contributed by atoms with Crippen LogP contribution in [0.25, 0.3) is 0 Å². The first-order chi connectivity index (χ1) is 36.0. The summed E-state index contributed by atoms with van der Waals surface area (Å²) in [4.78, 5) is 54.8. The van der Waals surface area contributed by atoms with Crippen molar-refractivity contribution in [2.75, 3.05) is 37.1 Å². The van der Waals surface area contributed by atoms with Crippen molar-refractivity contribution in [2.24, 2.45) is 10.8 Å². The Balaban J connectivity index is 0.000000221. The van der Waals surface area contributed by atoms with Crippen molar-refractivity contribution >= 4 is 35.1 Å². The lowest BCUT2D eigenvalue weighted by Gasteiger charge is -2.31. The first-order valence-electron chi connectivity index (χ1n) is 25.7. The quantitative estimate of drug-likeness (QED) is 0.0895. The highest BCUT2D eigenvalue weighted by Crippen LogP contribution is 2.43. The standard InChI is InChI=1S/2C31H34FNO5/c2*1-6-33(29(35)22-10-14-28(34)26(32)17-22)27-18-23(37-5)12-13-25(27)21-8-7-20-16-24(11-9-19(20)15-21)38-30(36)31(2,3)4/h2*9-14,16-18,21,34H,6-8,15H2,1-5H3/t2*21-/m10/s1. The molecule has 14 heteroatoms. The normalized spacial score (nSPS) is 14.9. The molecular formula is C62H68F2N2O10. The molecule has 0 bridgehead atoms. The summed E-state index contributed by atoms with van der Waals surface area (Å²) < 4.78 is 50.2. The van der Waals surface area contributed by atoms with E-state index in [2.05, 4.69) is 0 Å². The van der Waals surface area contributed by atoms with E-state index in [1.54, 1.807) is 24.0 Å². The molecule has 76 heavy (non-hydrogen) atoms. The van der Waals surface area contributed by atoms with Gasteiger partial charge in [-0.3, -0.25) is 19.2 Å². The Morgan fingerprint density at radius 2 is 0.882 bits per heavy atom. The van der Waals surface area contributed by atoms with Gasteiger partial charge in [-0.1, -0.05) is 24.3 Å². The second-order valence-corrected chi connectivity index (χ2v) is 21.3. The van der Waals surface area contributed by atoms with Crippen molar-refractivity contribution in [1.82, 2.24) is 0 Å². The average molecular weight is 1040 g/mol. The van der Waals surface area contributed by atoms with Crippen molar-refractivity contribution in [3.8, 4) is 34.5 Å². The Kier molecular flexibility index (Phi) is 17.3. The van der Waals surface area contributed by atoms with Crippen LogP contribution in [0.3, 0.4) is 0 Å². The zero-order valence-corrected chi connectivity index (χ0v) is 45.0. The van der Waals surface area contributed by atoms with Crippen molar-refractivity contribution < 1.29 is 57.1 Å². The third-order valence-electron chi connectivity index (χ3n) is 13.9. The predicted molar refractivity (Wildman–Crippen MR) is 289 cm³/mol. The lowest BCUT2D eigenvalue weighted by atomic mass is 9.79. The number of ether oxygens (including phenoxy) is 4. The molecule has 0 heterocycles. The third-order valence-corrected chi connectivity index (χ3v) is 13.9. The van der Waals surface area contributed by atoms with Gasteiger partial charge in [0.05, 0.1) is 36.4 Å². The van der Waals surface area contributed by atoms with E-state index < -0.39 is 34.0 Å². The lowest BCUT2D eigenvalue weighted by Crippen LogP contribution is -2.32. The number of benzene rings is 6. The van der Waals surface area contributed by atoms with Crippen LogP contribution < -0.4 is 28.7 Å². The van der Waals surface area contributed by atoms with Gasteiger partial charge in [-0.15, -0.1) is 0 Å². The van der Waals surface area contributed by atoms with Gasteiger partial charge in [-0.05, 0) is 212 Å². The predicted octanol–water partition coefficient (Wildman–Crippen LogP) is 12.9. The Morgan fingerprint density at radius 3 is 1.21 bits per heavy atom. The molecule has 0 saturated carbocycles. The largest absolute Gasteiger partial charge is 0.505 e. The van der Waals surface area contributed by atoms with Crippen LogP contribution in [0.15, 0.2) is 109 Å². The maximum atomic E-state index is 14.0. The Morgan fingerprint density at radius 1 is 0.513 bits per heavy atom. The average Bonchev–Trinajstić information content (AvgIpc) is 3.40. The monoisotopic (exact) mass is 1040 g/mol. The number of rotatable bonds is 12. The van der Waals surface area contributed by atoms with E-state index in [4.69, 9.17) is 18.9 Å². The van der Waals surface area contributed by atoms with Gasteiger partial charge in [-0.25, -0.2) is 8.78 Å². The molecule has 8 rings (SSSR count). The number of halogens is 2. The van der Waals surface area contributed by atoms with E-state index >= 15 is 0 Å². The zero-order chi connectivity index (χ0) is 55.2. The molecule has 2 amide bonds. The van der Waals surface area contributed by atoms with Gasteiger partial charge >= 0.3 is 11.9 Å². The lowest BCUT2D eigenvalue weighted by molar-refractivity contribution is -0.143. The Bertz CT molecular complexity index is 2930. The molecule has 0 unspecified atom stereocenters. The van der Waals surface area contributed by atoms with Gasteiger partial charge in [0.15, 0.2) is 23.1 Å². The molecule has 12 nitrogen and oxygen atoms in total. The summed E-state index contributed by atoms with van der Waals surface area (Å²) in [5.41, 5.74) is 7.25. The molecule has 6 aromatic carbocycles. The molecule has 6 aromatic rings. The molecule has 400 valence electrons. The zero-order valence-electron chi connectivity index (χ0n) is 45.0. The van der Waals surface area contributed by atoms with Crippen LogP contribution in [0.5, 0.6) is 34.5 Å². The number of methoxy groups -OCH3 is 2. The van der Waals surface area contributed by atoms with E-state index in [0.29, 0.717) is 36.1 Å². The molecule has 0 aromatic heterocycles. The van der Waals surface area contributed by atoms with E-state index in [1.807, 2.05) is 128 Å². The van der Waals surface area contributed by atoms with Gasteiger partial charge < -0.3 is 39.0 Å². The summed E-state index contributed by atoms with van der Waals surface area (Å²) >= 11 is 0. The molecule has 2 aliphatic rings. The highest BCUT2D eigenvalue weighted by atomic mass is 19.1. The highest BCUT2D eigenvalue weighted by Gasteiger charge is 2.31. The number of aromatic hydroxyl groups is 2. The summed E-state index contributed by atoms with van der Waals surface area (Å²) in [7, 11) is 3.15. The van der Waals surface area contributed by atoms with Crippen molar-refractivity contribution in [1.29, 1.82) is 0 Å². The highest BCUT2D eigenvalue weighted by molar-refractivity contribution is 6.07. The first-order valence-corrected chi connectivity index (χ1v) is 25.7. The summed E-state index contributed by atoms with van der Waals surface area (Å²) in [5.74, 6) is -1.30. The van der Waals surface area contributed by atoms with Crippen LogP contribution in [0, 0.1) is 22.5 Å². The number of fused-ring (bicyclic) bond motifs is 2. The maximum Gasteiger partial charge on any atom is 0.316 e. The second kappa shape index (κ2) is 23.4. The van der Waals surface area contributed by atoms with Crippen LogP contribution in [-0.2, 0) is 35.3 Å². The smallest absolute Gasteiger partial charge is 0.316 e. The van der Waals surface area contributed by atoms with E-state index in [9.17, 15) is 38.2 Å². The van der Waals surface area contributed by atoms with Crippen LogP contribution in [0.1, 0.15) is 134 Å².